The lowest BCUT2D eigenvalue weighted by molar-refractivity contribution is -0.0137. The predicted molar refractivity (Wildman–Crippen MR) is 99.1 cm³/mol. The zero-order valence-corrected chi connectivity index (χ0v) is 15.7. The van der Waals surface area contributed by atoms with E-state index in [9.17, 15) is 4.79 Å². The summed E-state index contributed by atoms with van der Waals surface area (Å²) in [4.78, 5) is 17.4. The van der Waals surface area contributed by atoms with Crippen molar-refractivity contribution in [3.05, 3.63) is 29.6 Å². The average molecular weight is 341 g/mol. The van der Waals surface area contributed by atoms with Crippen molar-refractivity contribution < 1.29 is 4.79 Å². The lowest BCUT2D eigenvalue weighted by Gasteiger charge is -2.56. The van der Waals surface area contributed by atoms with Crippen molar-refractivity contribution in [1.82, 2.24) is 15.6 Å². The Balaban J connectivity index is 1.47. The Labute approximate surface area is 151 Å². The van der Waals surface area contributed by atoms with Crippen LogP contribution in [0, 0.1) is 30.6 Å². The summed E-state index contributed by atoms with van der Waals surface area (Å²) in [5.41, 5.74) is 2.17. The van der Waals surface area contributed by atoms with Gasteiger partial charge in [-0.1, -0.05) is 19.9 Å². The summed E-state index contributed by atoms with van der Waals surface area (Å²) in [6.07, 6.45) is 9.54. The van der Waals surface area contributed by atoms with E-state index in [4.69, 9.17) is 0 Å². The number of hydrogen-bond acceptors (Lipinski definition) is 2. The SMILES string of the molecule is Cc1cccnc1C(NC(=O)NC12CC3CC(CC(C3)C1)C2)C(C)C. The van der Waals surface area contributed by atoms with E-state index >= 15 is 0 Å². The summed E-state index contributed by atoms with van der Waals surface area (Å²) in [6, 6.07) is 3.96. The molecule has 4 bridgehead atoms. The summed E-state index contributed by atoms with van der Waals surface area (Å²) in [7, 11) is 0. The van der Waals surface area contributed by atoms with Crippen LogP contribution in [0.5, 0.6) is 0 Å². The summed E-state index contributed by atoms with van der Waals surface area (Å²) in [5, 5.41) is 6.66. The van der Waals surface area contributed by atoms with Crippen LogP contribution in [0.15, 0.2) is 18.3 Å². The fourth-order valence-corrected chi connectivity index (χ4v) is 6.06. The molecule has 1 heterocycles. The van der Waals surface area contributed by atoms with Gasteiger partial charge in [0.15, 0.2) is 0 Å². The predicted octanol–water partition coefficient (Wildman–Crippen LogP) is 4.36. The van der Waals surface area contributed by atoms with Gasteiger partial charge < -0.3 is 10.6 Å². The van der Waals surface area contributed by atoms with Crippen LogP contribution >= 0.6 is 0 Å². The quantitative estimate of drug-likeness (QED) is 0.855. The third-order valence-electron chi connectivity index (χ3n) is 6.71. The van der Waals surface area contributed by atoms with E-state index in [-0.39, 0.29) is 17.6 Å². The summed E-state index contributed by atoms with van der Waals surface area (Å²) in [6.45, 7) is 6.35. The highest BCUT2D eigenvalue weighted by atomic mass is 16.2. The lowest BCUT2D eigenvalue weighted by Crippen LogP contribution is -2.61. The van der Waals surface area contributed by atoms with Crippen molar-refractivity contribution in [2.24, 2.45) is 23.7 Å². The maximum Gasteiger partial charge on any atom is 0.315 e. The third kappa shape index (κ3) is 3.28. The Morgan fingerprint density at radius 3 is 2.28 bits per heavy atom. The van der Waals surface area contributed by atoms with E-state index in [1.807, 2.05) is 12.3 Å². The monoisotopic (exact) mass is 341 g/mol. The van der Waals surface area contributed by atoms with Crippen molar-refractivity contribution in [2.75, 3.05) is 0 Å². The number of amides is 2. The molecule has 0 aromatic carbocycles. The molecule has 4 saturated carbocycles. The van der Waals surface area contributed by atoms with E-state index in [0.29, 0.717) is 5.92 Å². The van der Waals surface area contributed by atoms with E-state index in [1.165, 1.54) is 38.5 Å². The Kier molecular flexibility index (Phi) is 4.25. The number of carbonyl (C=O) groups excluding carboxylic acids is 1. The van der Waals surface area contributed by atoms with Gasteiger partial charge in [-0.25, -0.2) is 4.79 Å². The maximum atomic E-state index is 12.9. The zero-order chi connectivity index (χ0) is 17.6. The number of urea groups is 1. The first-order valence-corrected chi connectivity index (χ1v) is 9.94. The Hall–Kier alpha value is -1.58. The van der Waals surface area contributed by atoms with Gasteiger partial charge in [0.25, 0.3) is 0 Å². The van der Waals surface area contributed by atoms with Gasteiger partial charge in [0, 0.05) is 11.7 Å². The Bertz CT molecular complexity index is 619. The number of nitrogens with one attached hydrogen (secondary N) is 2. The molecule has 4 nitrogen and oxygen atoms in total. The molecule has 0 radical (unpaired) electrons. The second-order valence-electron chi connectivity index (χ2n) is 9.22. The second-order valence-corrected chi connectivity index (χ2v) is 9.22. The van der Waals surface area contributed by atoms with Crippen LogP contribution in [-0.4, -0.2) is 16.6 Å². The van der Waals surface area contributed by atoms with Crippen LogP contribution in [-0.2, 0) is 0 Å². The van der Waals surface area contributed by atoms with E-state index in [0.717, 1.165) is 29.0 Å². The van der Waals surface area contributed by atoms with Crippen LogP contribution in [0.25, 0.3) is 0 Å². The van der Waals surface area contributed by atoms with Crippen LogP contribution in [0.2, 0.25) is 0 Å². The number of pyridine rings is 1. The molecular weight excluding hydrogens is 310 g/mol. The number of carbonyl (C=O) groups is 1. The standard InChI is InChI=1S/C21H31N3O/c1-13(2)18(19-14(3)5-4-6-22-19)23-20(25)24-21-10-15-7-16(11-21)9-17(8-15)12-21/h4-6,13,15-18H,7-12H2,1-3H3,(H2,23,24,25). The summed E-state index contributed by atoms with van der Waals surface area (Å²) in [5.74, 6) is 2.82. The first-order valence-electron chi connectivity index (χ1n) is 9.94. The number of aryl methyl sites for hydroxylation is 1. The number of hydrogen-bond donors (Lipinski definition) is 2. The van der Waals surface area contributed by atoms with Gasteiger partial charge in [-0.05, 0) is 80.8 Å². The summed E-state index contributed by atoms with van der Waals surface area (Å²) < 4.78 is 0. The maximum absolute atomic E-state index is 12.9. The average Bonchev–Trinajstić information content (AvgIpc) is 2.51. The highest BCUT2D eigenvalue weighted by Crippen LogP contribution is 2.55. The second kappa shape index (κ2) is 6.30. The smallest absolute Gasteiger partial charge is 0.315 e. The molecule has 25 heavy (non-hydrogen) atoms. The van der Waals surface area contributed by atoms with Crippen LogP contribution in [0.3, 0.4) is 0 Å². The molecule has 1 atom stereocenters. The molecule has 4 aliphatic carbocycles. The molecule has 1 aromatic rings. The molecule has 2 amide bonds. The highest BCUT2D eigenvalue weighted by molar-refractivity contribution is 5.75. The molecule has 2 N–H and O–H groups in total. The van der Waals surface area contributed by atoms with Gasteiger partial charge in [-0.2, -0.15) is 0 Å². The minimum Gasteiger partial charge on any atom is -0.333 e. The van der Waals surface area contributed by atoms with Gasteiger partial charge in [0.2, 0.25) is 0 Å². The fourth-order valence-electron chi connectivity index (χ4n) is 6.06. The first-order chi connectivity index (χ1) is 11.9. The molecule has 5 rings (SSSR count). The summed E-state index contributed by atoms with van der Waals surface area (Å²) >= 11 is 0. The molecule has 4 aliphatic rings. The van der Waals surface area contributed by atoms with Crippen molar-refractivity contribution in [3.63, 3.8) is 0 Å². The largest absolute Gasteiger partial charge is 0.333 e. The van der Waals surface area contributed by atoms with E-state index in [1.54, 1.807) is 0 Å². The fraction of sp³-hybridized carbons (Fsp3) is 0.714. The van der Waals surface area contributed by atoms with E-state index in [2.05, 4.69) is 42.5 Å². The Morgan fingerprint density at radius 1 is 1.16 bits per heavy atom. The van der Waals surface area contributed by atoms with Crippen LogP contribution in [0.1, 0.15) is 69.7 Å². The minimum absolute atomic E-state index is 0.00861. The molecular formula is C21H31N3O. The van der Waals surface area contributed by atoms with Crippen molar-refractivity contribution in [3.8, 4) is 0 Å². The van der Waals surface area contributed by atoms with E-state index < -0.39 is 0 Å². The Morgan fingerprint density at radius 2 is 1.76 bits per heavy atom. The molecule has 0 aliphatic heterocycles. The van der Waals surface area contributed by atoms with Gasteiger partial charge in [-0.3, -0.25) is 4.98 Å². The van der Waals surface area contributed by atoms with Crippen LogP contribution < -0.4 is 10.6 Å². The lowest BCUT2D eigenvalue weighted by atomic mass is 9.53. The topological polar surface area (TPSA) is 54.0 Å². The normalized spacial score (nSPS) is 34.2. The molecule has 0 spiro atoms. The van der Waals surface area contributed by atoms with Crippen molar-refractivity contribution in [2.45, 2.75) is 70.9 Å². The molecule has 0 saturated heterocycles. The van der Waals surface area contributed by atoms with Gasteiger partial charge in [-0.15, -0.1) is 0 Å². The molecule has 4 heteroatoms. The third-order valence-corrected chi connectivity index (χ3v) is 6.71. The van der Waals surface area contributed by atoms with Crippen molar-refractivity contribution >= 4 is 6.03 Å². The van der Waals surface area contributed by atoms with Gasteiger partial charge in [0.05, 0.1) is 11.7 Å². The zero-order valence-electron chi connectivity index (χ0n) is 15.7. The number of nitrogens with zero attached hydrogens (tertiary/aromatic N) is 1. The molecule has 1 aromatic heterocycles. The number of rotatable bonds is 4. The van der Waals surface area contributed by atoms with Gasteiger partial charge in [0.1, 0.15) is 0 Å². The molecule has 136 valence electrons. The minimum atomic E-state index is -0.0462. The van der Waals surface area contributed by atoms with Crippen LogP contribution in [0.4, 0.5) is 4.79 Å². The van der Waals surface area contributed by atoms with Crippen molar-refractivity contribution in [1.29, 1.82) is 0 Å². The van der Waals surface area contributed by atoms with Gasteiger partial charge >= 0.3 is 6.03 Å². The highest BCUT2D eigenvalue weighted by Gasteiger charge is 2.51. The number of aromatic nitrogens is 1. The molecule has 1 unspecified atom stereocenters. The molecule has 4 fully saturated rings. The first kappa shape index (κ1) is 16.9.